The summed E-state index contributed by atoms with van der Waals surface area (Å²) in [5.41, 5.74) is 0.383. The topological polar surface area (TPSA) is 52.6 Å². The van der Waals surface area contributed by atoms with Crippen LogP contribution in [-0.2, 0) is 9.53 Å². The molecule has 0 aliphatic heterocycles. The van der Waals surface area contributed by atoms with Gasteiger partial charge in [0.25, 0.3) is 0 Å². The van der Waals surface area contributed by atoms with Crippen LogP contribution in [0, 0.1) is 0 Å². The van der Waals surface area contributed by atoms with Gasteiger partial charge in [0.15, 0.2) is 5.78 Å². The quantitative estimate of drug-likeness (QED) is 0.457. The Kier molecular flexibility index (Phi) is 5.83. The second-order valence-corrected chi connectivity index (χ2v) is 4.62. The van der Waals surface area contributed by atoms with E-state index >= 15 is 0 Å². The molecule has 0 aromatic heterocycles. The molecule has 0 radical (unpaired) electrons. The van der Waals surface area contributed by atoms with Crippen LogP contribution in [0.1, 0.15) is 37.6 Å². The van der Waals surface area contributed by atoms with Gasteiger partial charge in [0.1, 0.15) is 12.2 Å². The maximum atomic E-state index is 11.9. The minimum atomic E-state index is -0.534. The van der Waals surface area contributed by atoms with Crippen LogP contribution in [0.3, 0.4) is 0 Å². The number of Topliss-reactive ketones (excluding diaryl/α,β-unsaturated/α-hetero) is 1. The molecule has 4 nitrogen and oxygen atoms in total. The second-order valence-electron chi connectivity index (χ2n) is 4.22. The van der Waals surface area contributed by atoms with Crippen molar-refractivity contribution in [2.75, 3.05) is 6.61 Å². The molecule has 19 heavy (non-hydrogen) atoms. The monoisotopic (exact) mass is 284 g/mol. The first-order chi connectivity index (χ1) is 8.93. The third-order valence-electron chi connectivity index (χ3n) is 2.23. The number of ether oxygens (including phenoxy) is 2. The lowest BCUT2D eigenvalue weighted by Gasteiger charge is -2.12. The predicted molar refractivity (Wildman–Crippen MR) is 72.8 cm³/mol. The molecule has 0 heterocycles. The van der Waals surface area contributed by atoms with Gasteiger partial charge < -0.3 is 9.47 Å². The summed E-state index contributed by atoms with van der Waals surface area (Å²) >= 11 is 5.97. The van der Waals surface area contributed by atoms with Crippen molar-refractivity contribution >= 4 is 23.4 Å². The molecule has 104 valence electrons. The lowest BCUT2D eigenvalue weighted by molar-refractivity contribution is -0.141. The Labute approximate surface area is 117 Å². The van der Waals surface area contributed by atoms with Crippen LogP contribution in [0.25, 0.3) is 0 Å². The molecule has 0 saturated heterocycles. The molecule has 1 aromatic carbocycles. The first-order valence-corrected chi connectivity index (χ1v) is 6.46. The van der Waals surface area contributed by atoms with Crippen molar-refractivity contribution in [2.24, 2.45) is 0 Å². The van der Waals surface area contributed by atoms with Gasteiger partial charge in [-0.1, -0.05) is 11.6 Å². The van der Waals surface area contributed by atoms with E-state index in [2.05, 4.69) is 0 Å². The molecule has 1 aromatic rings. The molecular weight excluding hydrogens is 268 g/mol. The molecule has 1 rings (SSSR count). The van der Waals surface area contributed by atoms with Crippen LogP contribution in [0.4, 0.5) is 0 Å². The molecule has 0 aliphatic rings. The summed E-state index contributed by atoms with van der Waals surface area (Å²) in [5.74, 6) is -0.413. The van der Waals surface area contributed by atoms with Crippen LogP contribution in [0.2, 0.25) is 5.02 Å². The van der Waals surface area contributed by atoms with Crippen LogP contribution in [-0.4, -0.2) is 24.5 Å². The minimum absolute atomic E-state index is 0.0482. The number of esters is 1. The summed E-state index contributed by atoms with van der Waals surface area (Å²) < 4.78 is 10.2. The van der Waals surface area contributed by atoms with Crippen molar-refractivity contribution in [3.63, 3.8) is 0 Å². The van der Waals surface area contributed by atoms with E-state index in [0.717, 1.165) is 0 Å². The molecular formula is C14H17ClO4. The van der Waals surface area contributed by atoms with E-state index in [9.17, 15) is 9.59 Å². The van der Waals surface area contributed by atoms with Gasteiger partial charge in [-0.3, -0.25) is 9.59 Å². The van der Waals surface area contributed by atoms with E-state index < -0.39 is 5.97 Å². The second kappa shape index (κ2) is 7.14. The Morgan fingerprint density at radius 2 is 2.00 bits per heavy atom. The third kappa shape index (κ3) is 4.91. The molecule has 0 saturated carbocycles. The van der Waals surface area contributed by atoms with Crippen LogP contribution >= 0.6 is 11.6 Å². The van der Waals surface area contributed by atoms with E-state index in [-0.39, 0.29) is 24.9 Å². The summed E-state index contributed by atoms with van der Waals surface area (Å²) in [7, 11) is 0. The first kappa shape index (κ1) is 15.5. The maximum absolute atomic E-state index is 11.9. The van der Waals surface area contributed by atoms with Gasteiger partial charge in [0.05, 0.1) is 17.7 Å². The predicted octanol–water partition coefficient (Wildman–Crippen LogP) is 3.26. The average Bonchev–Trinajstić information content (AvgIpc) is 2.31. The van der Waals surface area contributed by atoms with Crippen molar-refractivity contribution in [1.82, 2.24) is 0 Å². The van der Waals surface area contributed by atoms with Crippen molar-refractivity contribution in [2.45, 2.75) is 33.3 Å². The van der Waals surface area contributed by atoms with Gasteiger partial charge in [-0.15, -0.1) is 0 Å². The standard InChI is InChI=1S/C14H17ClO4/c1-4-18-14(17)8-12(16)10-5-6-11(15)13(7-10)19-9(2)3/h5-7,9H,4,8H2,1-3H3. The number of rotatable bonds is 6. The highest BCUT2D eigenvalue weighted by Crippen LogP contribution is 2.27. The van der Waals surface area contributed by atoms with E-state index in [4.69, 9.17) is 21.1 Å². The smallest absolute Gasteiger partial charge is 0.313 e. The molecule has 0 amide bonds. The Hall–Kier alpha value is -1.55. The fraction of sp³-hybridized carbons (Fsp3) is 0.429. The van der Waals surface area contributed by atoms with Gasteiger partial charge in [-0.25, -0.2) is 0 Å². The first-order valence-electron chi connectivity index (χ1n) is 6.09. The minimum Gasteiger partial charge on any atom is -0.489 e. The zero-order chi connectivity index (χ0) is 14.4. The van der Waals surface area contributed by atoms with E-state index in [1.807, 2.05) is 13.8 Å². The van der Waals surface area contributed by atoms with Crippen molar-refractivity contribution in [3.8, 4) is 5.75 Å². The summed E-state index contributed by atoms with van der Waals surface area (Å²) in [6, 6.07) is 4.69. The molecule has 0 atom stereocenters. The van der Waals surface area contributed by atoms with E-state index in [1.165, 1.54) is 0 Å². The van der Waals surface area contributed by atoms with Crippen LogP contribution in [0.15, 0.2) is 18.2 Å². The highest BCUT2D eigenvalue weighted by atomic mass is 35.5. The zero-order valence-corrected chi connectivity index (χ0v) is 12.0. The molecule has 0 bridgehead atoms. The molecule has 5 heteroatoms. The highest BCUT2D eigenvalue weighted by Gasteiger charge is 2.15. The number of ketones is 1. The third-order valence-corrected chi connectivity index (χ3v) is 2.54. The van der Waals surface area contributed by atoms with Gasteiger partial charge >= 0.3 is 5.97 Å². The van der Waals surface area contributed by atoms with Crippen molar-refractivity contribution < 1.29 is 19.1 Å². The number of halogens is 1. The summed E-state index contributed by atoms with van der Waals surface area (Å²) in [5, 5.41) is 0.432. The Balaban J connectivity index is 2.83. The van der Waals surface area contributed by atoms with Crippen LogP contribution in [0.5, 0.6) is 5.75 Å². The number of benzene rings is 1. The number of carbonyl (C=O) groups excluding carboxylic acids is 2. The zero-order valence-electron chi connectivity index (χ0n) is 11.2. The number of hydrogen-bond donors (Lipinski definition) is 0. The summed E-state index contributed by atoms with van der Waals surface area (Å²) in [4.78, 5) is 23.1. The Morgan fingerprint density at radius 3 is 2.58 bits per heavy atom. The lowest BCUT2D eigenvalue weighted by atomic mass is 10.1. The fourth-order valence-corrected chi connectivity index (χ4v) is 1.63. The summed E-state index contributed by atoms with van der Waals surface area (Å²) in [6.07, 6.45) is -0.329. The fourth-order valence-electron chi connectivity index (χ4n) is 1.47. The average molecular weight is 285 g/mol. The highest BCUT2D eigenvalue weighted by molar-refractivity contribution is 6.32. The Bertz CT molecular complexity index is 469. The van der Waals surface area contributed by atoms with Crippen molar-refractivity contribution in [3.05, 3.63) is 28.8 Å². The summed E-state index contributed by atoms with van der Waals surface area (Å²) in [6.45, 7) is 5.68. The van der Waals surface area contributed by atoms with E-state index in [0.29, 0.717) is 16.3 Å². The largest absolute Gasteiger partial charge is 0.489 e. The van der Waals surface area contributed by atoms with E-state index in [1.54, 1.807) is 25.1 Å². The van der Waals surface area contributed by atoms with Gasteiger partial charge in [0, 0.05) is 5.56 Å². The molecule has 0 N–H and O–H groups in total. The molecule has 0 spiro atoms. The van der Waals surface area contributed by atoms with Crippen LogP contribution < -0.4 is 4.74 Å². The number of carbonyl (C=O) groups is 2. The molecule has 0 fully saturated rings. The van der Waals surface area contributed by atoms with Gasteiger partial charge in [-0.05, 0) is 39.0 Å². The maximum Gasteiger partial charge on any atom is 0.313 e. The SMILES string of the molecule is CCOC(=O)CC(=O)c1ccc(Cl)c(OC(C)C)c1. The van der Waals surface area contributed by atoms with Gasteiger partial charge in [0.2, 0.25) is 0 Å². The lowest BCUT2D eigenvalue weighted by Crippen LogP contribution is -2.12. The Morgan fingerprint density at radius 1 is 1.32 bits per heavy atom. The van der Waals surface area contributed by atoms with Gasteiger partial charge in [-0.2, -0.15) is 0 Å². The molecule has 0 unspecified atom stereocenters. The normalized spacial score (nSPS) is 10.4. The molecule has 0 aliphatic carbocycles. The number of hydrogen-bond acceptors (Lipinski definition) is 4. The van der Waals surface area contributed by atoms with Crippen molar-refractivity contribution in [1.29, 1.82) is 0 Å².